The predicted molar refractivity (Wildman–Crippen MR) is 57.6 cm³/mol. The third-order valence-corrected chi connectivity index (χ3v) is 2.30. The molecular weight excluding hydrogens is 214 g/mol. The Balaban J connectivity index is 2.37. The van der Waals surface area contributed by atoms with Crippen molar-refractivity contribution >= 4 is 11.6 Å². The smallest absolute Gasteiger partial charge is 0.165 e. The summed E-state index contributed by atoms with van der Waals surface area (Å²) in [5.41, 5.74) is 1.55. The van der Waals surface area contributed by atoms with Gasteiger partial charge in [-0.25, -0.2) is 0 Å². The lowest BCUT2D eigenvalue weighted by atomic mass is 10.1. The molecule has 1 heterocycles. The van der Waals surface area contributed by atoms with Crippen LogP contribution in [0.2, 0.25) is 5.02 Å². The van der Waals surface area contributed by atoms with E-state index in [4.69, 9.17) is 16.1 Å². The van der Waals surface area contributed by atoms with E-state index in [1.807, 2.05) is 12.1 Å². The molecule has 0 amide bonds. The highest BCUT2D eigenvalue weighted by molar-refractivity contribution is 6.30. The maximum atomic E-state index is 9.28. The number of aliphatic hydroxyl groups is 1. The number of benzene rings is 1. The highest BCUT2D eigenvalue weighted by Gasteiger charge is 2.10. The summed E-state index contributed by atoms with van der Waals surface area (Å²) in [6.07, 6.45) is -0.648. The molecule has 2 aromatic rings. The predicted octanol–water partition coefficient (Wildman–Crippen LogP) is 3.05. The molecule has 0 aliphatic rings. The zero-order valence-electron chi connectivity index (χ0n) is 8.14. The van der Waals surface area contributed by atoms with Crippen LogP contribution in [0, 0.1) is 0 Å². The Kier molecular flexibility index (Phi) is 2.75. The molecule has 0 spiro atoms. The number of aromatic nitrogens is 1. The van der Waals surface area contributed by atoms with Crippen LogP contribution >= 0.6 is 11.6 Å². The van der Waals surface area contributed by atoms with Crippen molar-refractivity contribution in [1.82, 2.24) is 5.16 Å². The Labute approximate surface area is 92.3 Å². The van der Waals surface area contributed by atoms with Crippen LogP contribution in [0.15, 0.2) is 34.9 Å². The Bertz CT molecular complexity index is 465. The molecule has 15 heavy (non-hydrogen) atoms. The molecule has 1 unspecified atom stereocenters. The molecule has 2 rings (SSSR count). The van der Waals surface area contributed by atoms with E-state index in [1.54, 1.807) is 25.1 Å². The number of rotatable bonds is 2. The van der Waals surface area contributed by atoms with E-state index in [-0.39, 0.29) is 0 Å². The van der Waals surface area contributed by atoms with Crippen molar-refractivity contribution in [3.63, 3.8) is 0 Å². The van der Waals surface area contributed by atoms with Gasteiger partial charge in [0.25, 0.3) is 0 Å². The first kappa shape index (κ1) is 10.2. The third kappa shape index (κ3) is 2.19. The quantitative estimate of drug-likeness (QED) is 0.851. The van der Waals surface area contributed by atoms with Gasteiger partial charge in [0.1, 0.15) is 11.8 Å². The molecule has 1 aromatic heterocycles. The summed E-state index contributed by atoms with van der Waals surface area (Å²) in [4.78, 5) is 0. The fourth-order valence-corrected chi connectivity index (χ4v) is 1.46. The van der Waals surface area contributed by atoms with Crippen molar-refractivity contribution in [2.24, 2.45) is 0 Å². The molecule has 0 saturated heterocycles. The number of aliphatic hydroxyl groups excluding tert-OH is 1. The van der Waals surface area contributed by atoms with E-state index in [0.29, 0.717) is 16.5 Å². The molecule has 1 N–H and O–H groups in total. The molecule has 4 heteroatoms. The maximum absolute atomic E-state index is 9.28. The average molecular weight is 224 g/mol. The minimum Gasteiger partial charge on any atom is -0.385 e. The van der Waals surface area contributed by atoms with Crippen molar-refractivity contribution in [2.75, 3.05) is 0 Å². The topological polar surface area (TPSA) is 46.3 Å². The van der Waals surface area contributed by atoms with Gasteiger partial charge in [-0.2, -0.15) is 0 Å². The SMILES string of the molecule is CC(O)c1cc(-c2cccc(Cl)c2)no1. The Morgan fingerprint density at radius 2 is 2.20 bits per heavy atom. The second-order valence-corrected chi connectivity index (χ2v) is 3.74. The van der Waals surface area contributed by atoms with Crippen molar-refractivity contribution in [2.45, 2.75) is 13.0 Å². The molecule has 1 atom stereocenters. The number of halogens is 1. The summed E-state index contributed by atoms with van der Waals surface area (Å²) in [7, 11) is 0. The van der Waals surface area contributed by atoms with E-state index < -0.39 is 6.10 Å². The lowest BCUT2D eigenvalue weighted by Crippen LogP contribution is -1.85. The molecule has 78 valence electrons. The Hall–Kier alpha value is -1.32. The molecular formula is C11H10ClNO2. The van der Waals surface area contributed by atoms with Gasteiger partial charge in [-0.15, -0.1) is 0 Å². The third-order valence-electron chi connectivity index (χ3n) is 2.06. The molecule has 0 radical (unpaired) electrons. The van der Waals surface area contributed by atoms with Gasteiger partial charge < -0.3 is 9.63 Å². The number of hydrogen-bond acceptors (Lipinski definition) is 3. The van der Waals surface area contributed by atoms with Crippen molar-refractivity contribution in [3.8, 4) is 11.3 Å². The summed E-state index contributed by atoms with van der Waals surface area (Å²) in [6.45, 7) is 1.63. The molecule has 0 bridgehead atoms. The fourth-order valence-electron chi connectivity index (χ4n) is 1.27. The van der Waals surface area contributed by atoms with Crippen LogP contribution in [0.25, 0.3) is 11.3 Å². The Morgan fingerprint density at radius 1 is 1.40 bits per heavy atom. The van der Waals surface area contributed by atoms with Crippen LogP contribution in [0.1, 0.15) is 18.8 Å². The van der Waals surface area contributed by atoms with Gasteiger partial charge in [-0.3, -0.25) is 0 Å². The van der Waals surface area contributed by atoms with Gasteiger partial charge in [-0.1, -0.05) is 28.9 Å². The monoisotopic (exact) mass is 223 g/mol. The zero-order valence-corrected chi connectivity index (χ0v) is 8.90. The van der Waals surface area contributed by atoms with Crippen LogP contribution < -0.4 is 0 Å². The second-order valence-electron chi connectivity index (χ2n) is 3.30. The van der Waals surface area contributed by atoms with Crippen LogP contribution in [0.3, 0.4) is 0 Å². The standard InChI is InChI=1S/C11H10ClNO2/c1-7(14)11-6-10(13-15-11)8-3-2-4-9(12)5-8/h2-7,14H,1H3. The maximum Gasteiger partial charge on any atom is 0.165 e. The van der Waals surface area contributed by atoms with Crippen LogP contribution in [-0.4, -0.2) is 10.3 Å². The highest BCUT2D eigenvalue weighted by atomic mass is 35.5. The average Bonchev–Trinajstić information content (AvgIpc) is 2.66. The lowest BCUT2D eigenvalue weighted by Gasteiger charge is -1.95. The molecule has 1 aromatic carbocycles. The fraction of sp³-hybridized carbons (Fsp3) is 0.182. The first-order valence-corrected chi connectivity index (χ1v) is 4.95. The summed E-state index contributed by atoms with van der Waals surface area (Å²) in [5, 5.41) is 13.8. The van der Waals surface area contributed by atoms with E-state index in [2.05, 4.69) is 5.16 Å². The number of hydrogen-bond donors (Lipinski definition) is 1. The molecule has 3 nitrogen and oxygen atoms in total. The van der Waals surface area contributed by atoms with Gasteiger partial charge in [0, 0.05) is 16.7 Å². The first-order chi connectivity index (χ1) is 7.16. The van der Waals surface area contributed by atoms with Crippen molar-refractivity contribution < 1.29 is 9.63 Å². The largest absolute Gasteiger partial charge is 0.385 e. The molecule has 0 saturated carbocycles. The summed E-state index contributed by atoms with van der Waals surface area (Å²) in [6, 6.07) is 9.02. The molecule has 0 aliphatic heterocycles. The van der Waals surface area contributed by atoms with Crippen molar-refractivity contribution in [1.29, 1.82) is 0 Å². The minimum atomic E-state index is -0.648. The summed E-state index contributed by atoms with van der Waals surface area (Å²) in [5.74, 6) is 0.449. The second kappa shape index (κ2) is 4.04. The zero-order chi connectivity index (χ0) is 10.8. The molecule has 0 aliphatic carbocycles. The highest BCUT2D eigenvalue weighted by Crippen LogP contribution is 2.24. The lowest BCUT2D eigenvalue weighted by molar-refractivity contribution is 0.158. The molecule has 0 fully saturated rings. The van der Waals surface area contributed by atoms with Gasteiger partial charge in [0.2, 0.25) is 0 Å². The van der Waals surface area contributed by atoms with Crippen LogP contribution in [0.5, 0.6) is 0 Å². The van der Waals surface area contributed by atoms with Crippen LogP contribution in [0.4, 0.5) is 0 Å². The van der Waals surface area contributed by atoms with Gasteiger partial charge >= 0.3 is 0 Å². The normalized spacial score (nSPS) is 12.7. The van der Waals surface area contributed by atoms with Crippen LogP contribution in [-0.2, 0) is 0 Å². The minimum absolute atomic E-state index is 0.449. The van der Waals surface area contributed by atoms with Gasteiger partial charge in [-0.05, 0) is 19.1 Å². The van der Waals surface area contributed by atoms with Gasteiger partial charge in [0.15, 0.2) is 5.76 Å². The summed E-state index contributed by atoms with van der Waals surface area (Å²) >= 11 is 5.86. The van der Waals surface area contributed by atoms with E-state index in [1.165, 1.54) is 0 Å². The van der Waals surface area contributed by atoms with E-state index >= 15 is 0 Å². The Morgan fingerprint density at radius 3 is 2.80 bits per heavy atom. The van der Waals surface area contributed by atoms with Crippen molar-refractivity contribution in [3.05, 3.63) is 41.1 Å². The van der Waals surface area contributed by atoms with Gasteiger partial charge in [0.05, 0.1) is 0 Å². The number of nitrogens with zero attached hydrogens (tertiary/aromatic N) is 1. The van der Waals surface area contributed by atoms with E-state index in [0.717, 1.165) is 5.56 Å². The summed E-state index contributed by atoms with van der Waals surface area (Å²) < 4.78 is 4.98. The van der Waals surface area contributed by atoms with E-state index in [9.17, 15) is 5.11 Å². The first-order valence-electron chi connectivity index (χ1n) is 4.57.